The first-order valence-electron chi connectivity index (χ1n) is 9.55. The number of hydrogen-bond donors (Lipinski definition) is 2. The summed E-state index contributed by atoms with van der Waals surface area (Å²) < 4.78 is 37.5. The zero-order valence-electron chi connectivity index (χ0n) is 16.8. The minimum absolute atomic E-state index is 0.0116. The second kappa shape index (κ2) is 9.83. The van der Waals surface area contributed by atoms with Gasteiger partial charge in [-0.1, -0.05) is 6.07 Å². The summed E-state index contributed by atoms with van der Waals surface area (Å²) >= 11 is 0. The summed E-state index contributed by atoms with van der Waals surface area (Å²) in [7, 11) is -3.48. The van der Waals surface area contributed by atoms with Gasteiger partial charge in [0.25, 0.3) is 0 Å². The Balaban J connectivity index is 1.48. The fraction of sp³-hybridized carbons (Fsp3) is 0.421. The third-order valence-electron chi connectivity index (χ3n) is 4.27. The minimum atomic E-state index is -3.48. The number of carbonyl (C=O) groups excluding carboxylic acids is 1. The van der Waals surface area contributed by atoms with Crippen LogP contribution in [0.3, 0.4) is 0 Å². The molecule has 162 valence electrons. The van der Waals surface area contributed by atoms with Crippen molar-refractivity contribution in [3.63, 3.8) is 0 Å². The molecule has 2 amide bonds. The van der Waals surface area contributed by atoms with Crippen LogP contribution in [0.2, 0.25) is 0 Å². The van der Waals surface area contributed by atoms with Crippen molar-refractivity contribution in [2.75, 3.05) is 30.7 Å². The maximum Gasteiger partial charge on any atom is 0.321 e. The van der Waals surface area contributed by atoms with E-state index < -0.39 is 16.1 Å². The van der Waals surface area contributed by atoms with Crippen LogP contribution >= 0.6 is 0 Å². The second-order valence-electron chi connectivity index (χ2n) is 6.93. The predicted molar refractivity (Wildman–Crippen MR) is 111 cm³/mol. The van der Waals surface area contributed by atoms with Gasteiger partial charge in [0.05, 0.1) is 18.0 Å². The van der Waals surface area contributed by atoms with Gasteiger partial charge in [-0.05, 0) is 32.0 Å². The number of nitrogens with one attached hydrogen (secondary N) is 2. The Morgan fingerprint density at radius 3 is 2.60 bits per heavy atom. The first-order valence-corrected chi connectivity index (χ1v) is 11.2. The van der Waals surface area contributed by atoms with E-state index in [1.807, 2.05) is 13.8 Å². The number of morpholine rings is 1. The summed E-state index contributed by atoms with van der Waals surface area (Å²) in [5.41, 5.74) is 0.486. The Kier molecular flexibility index (Phi) is 7.19. The van der Waals surface area contributed by atoms with Crippen LogP contribution in [0.4, 0.5) is 10.5 Å². The SMILES string of the molecule is CC1CN(S(=O)(=O)CCNC(=O)Nc2cccc(Oc3ncccn3)c2)CC(C)O1. The molecule has 0 aliphatic carbocycles. The molecule has 0 spiro atoms. The number of benzene rings is 1. The zero-order chi connectivity index (χ0) is 21.6. The topological polar surface area (TPSA) is 123 Å². The van der Waals surface area contributed by atoms with Crippen molar-refractivity contribution in [3.05, 3.63) is 42.7 Å². The van der Waals surface area contributed by atoms with Crippen molar-refractivity contribution < 1.29 is 22.7 Å². The highest BCUT2D eigenvalue weighted by molar-refractivity contribution is 7.89. The van der Waals surface area contributed by atoms with Crippen LogP contribution in [0, 0.1) is 0 Å². The van der Waals surface area contributed by atoms with Crippen LogP contribution in [-0.4, -0.2) is 66.3 Å². The first-order chi connectivity index (χ1) is 14.3. The Morgan fingerprint density at radius 1 is 1.20 bits per heavy atom. The summed E-state index contributed by atoms with van der Waals surface area (Å²) in [6, 6.07) is 8.07. The molecule has 2 unspecified atom stereocenters. The Labute approximate surface area is 175 Å². The summed E-state index contributed by atoms with van der Waals surface area (Å²) in [6.45, 7) is 4.30. The van der Waals surface area contributed by atoms with Crippen molar-refractivity contribution in [2.45, 2.75) is 26.1 Å². The van der Waals surface area contributed by atoms with Crippen LogP contribution in [0.15, 0.2) is 42.7 Å². The van der Waals surface area contributed by atoms with E-state index in [1.165, 1.54) is 4.31 Å². The number of amides is 2. The number of rotatable bonds is 7. The molecule has 1 aliphatic rings. The molecule has 2 atom stereocenters. The van der Waals surface area contributed by atoms with E-state index in [9.17, 15) is 13.2 Å². The molecule has 1 fully saturated rings. The normalized spacial score (nSPS) is 19.8. The Hall–Kier alpha value is -2.76. The van der Waals surface area contributed by atoms with Gasteiger partial charge in [0.15, 0.2) is 0 Å². The minimum Gasteiger partial charge on any atom is -0.424 e. The van der Waals surface area contributed by atoms with E-state index >= 15 is 0 Å². The molecule has 3 rings (SSSR count). The monoisotopic (exact) mass is 435 g/mol. The standard InChI is InChI=1S/C19H25N5O5S/c1-14-12-24(13-15(2)28-14)30(26,27)10-9-20-18(25)23-16-5-3-6-17(11-16)29-19-21-7-4-8-22-19/h3-8,11,14-15H,9-10,12-13H2,1-2H3,(H2,20,23,25). The molecule has 0 radical (unpaired) electrons. The van der Waals surface area contributed by atoms with Gasteiger partial charge in [0.2, 0.25) is 10.0 Å². The van der Waals surface area contributed by atoms with Gasteiger partial charge < -0.3 is 20.1 Å². The molecule has 1 aromatic carbocycles. The van der Waals surface area contributed by atoms with Gasteiger partial charge in [-0.3, -0.25) is 0 Å². The van der Waals surface area contributed by atoms with E-state index in [2.05, 4.69) is 20.6 Å². The number of anilines is 1. The maximum absolute atomic E-state index is 12.5. The van der Waals surface area contributed by atoms with E-state index in [0.29, 0.717) is 24.5 Å². The smallest absolute Gasteiger partial charge is 0.321 e. The molecule has 2 aromatic rings. The number of aromatic nitrogens is 2. The van der Waals surface area contributed by atoms with Gasteiger partial charge in [-0.25, -0.2) is 23.2 Å². The van der Waals surface area contributed by atoms with Gasteiger partial charge in [0, 0.05) is 43.8 Å². The zero-order valence-corrected chi connectivity index (χ0v) is 17.6. The van der Waals surface area contributed by atoms with Crippen molar-refractivity contribution in [1.29, 1.82) is 0 Å². The summed E-state index contributed by atoms with van der Waals surface area (Å²) in [4.78, 5) is 20.1. The first kappa shape index (κ1) is 21.9. The fourth-order valence-corrected chi connectivity index (χ4v) is 4.53. The Bertz CT molecular complexity index is 947. The lowest BCUT2D eigenvalue weighted by atomic mass is 10.3. The number of nitrogens with zero attached hydrogens (tertiary/aromatic N) is 3. The van der Waals surface area contributed by atoms with E-state index in [-0.39, 0.29) is 30.5 Å². The molecular weight excluding hydrogens is 410 g/mol. The van der Waals surface area contributed by atoms with Crippen molar-refractivity contribution >= 4 is 21.7 Å². The molecule has 11 heteroatoms. The van der Waals surface area contributed by atoms with Crippen LogP contribution in [0.1, 0.15) is 13.8 Å². The molecule has 0 saturated carbocycles. The molecule has 0 bridgehead atoms. The van der Waals surface area contributed by atoms with E-state index in [4.69, 9.17) is 9.47 Å². The summed E-state index contributed by atoms with van der Waals surface area (Å²) in [5, 5.41) is 5.21. The van der Waals surface area contributed by atoms with E-state index in [1.54, 1.807) is 42.7 Å². The summed E-state index contributed by atoms with van der Waals surface area (Å²) in [5.74, 6) is 0.270. The van der Waals surface area contributed by atoms with Crippen molar-refractivity contribution in [2.24, 2.45) is 0 Å². The second-order valence-corrected chi connectivity index (χ2v) is 9.02. The highest BCUT2D eigenvalue weighted by Crippen LogP contribution is 2.21. The number of sulfonamides is 1. The largest absolute Gasteiger partial charge is 0.424 e. The highest BCUT2D eigenvalue weighted by atomic mass is 32.2. The lowest BCUT2D eigenvalue weighted by Crippen LogP contribution is -2.49. The molecular formula is C19H25N5O5S. The quantitative estimate of drug-likeness (QED) is 0.680. The molecule has 1 aliphatic heterocycles. The molecule has 2 N–H and O–H groups in total. The van der Waals surface area contributed by atoms with Crippen LogP contribution in [0.5, 0.6) is 11.8 Å². The average molecular weight is 436 g/mol. The number of urea groups is 1. The summed E-state index contributed by atoms with van der Waals surface area (Å²) in [6.07, 6.45) is 2.81. The van der Waals surface area contributed by atoms with Gasteiger partial charge in [-0.15, -0.1) is 0 Å². The Morgan fingerprint density at radius 2 is 1.90 bits per heavy atom. The number of carbonyl (C=O) groups is 1. The lowest BCUT2D eigenvalue weighted by molar-refractivity contribution is -0.0440. The lowest BCUT2D eigenvalue weighted by Gasteiger charge is -2.34. The number of hydrogen-bond acceptors (Lipinski definition) is 7. The highest BCUT2D eigenvalue weighted by Gasteiger charge is 2.30. The van der Waals surface area contributed by atoms with Crippen LogP contribution in [-0.2, 0) is 14.8 Å². The van der Waals surface area contributed by atoms with Crippen molar-refractivity contribution in [1.82, 2.24) is 19.6 Å². The van der Waals surface area contributed by atoms with Crippen LogP contribution in [0.25, 0.3) is 0 Å². The van der Waals surface area contributed by atoms with Crippen molar-refractivity contribution in [3.8, 4) is 11.8 Å². The van der Waals surface area contributed by atoms with Gasteiger partial charge in [0.1, 0.15) is 5.75 Å². The van der Waals surface area contributed by atoms with E-state index in [0.717, 1.165) is 0 Å². The van der Waals surface area contributed by atoms with Crippen LogP contribution < -0.4 is 15.4 Å². The molecule has 10 nitrogen and oxygen atoms in total. The molecule has 30 heavy (non-hydrogen) atoms. The predicted octanol–water partition coefficient (Wildman–Crippen LogP) is 1.83. The third-order valence-corrected chi connectivity index (χ3v) is 6.07. The average Bonchev–Trinajstić information content (AvgIpc) is 2.68. The molecule has 1 saturated heterocycles. The van der Waals surface area contributed by atoms with Gasteiger partial charge >= 0.3 is 12.0 Å². The third kappa shape index (κ3) is 6.37. The molecule has 1 aromatic heterocycles. The van der Waals surface area contributed by atoms with Gasteiger partial charge in [-0.2, -0.15) is 4.31 Å². The molecule has 2 heterocycles. The number of ether oxygens (including phenoxy) is 2. The fourth-order valence-electron chi connectivity index (χ4n) is 3.04. The maximum atomic E-state index is 12.5.